The first kappa shape index (κ1) is 15.0. The molecule has 2 nitrogen and oxygen atoms in total. The lowest BCUT2D eigenvalue weighted by atomic mass is 9.79. The van der Waals surface area contributed by atoms with Gasteiger partial charge >= 0.3 is 0 Å². The summed E-state index contributed by atoms with van der Waals surface area (Å²) in [5.41, 5.74) is 0.412. The Morgan fingerprint density at radius 1 is 1.16 bits per heavy atom. The number of rotatable bonds is 7. The minimum absolute atomic E-state index is 0.412. The maximum absolute atomic E-state index is 3.62. The van der Waals surface area contributed by atoms with Crippen LogP contribution in [0.2, 0.25) is 0 Å². The number of nitrogens with one attached hydrogen (secondary N) is 2. The van der Waals surface area contributed by atoms with Crippen molar-refractivity contribution >= 4 is 11.3 Å². The van der Waals surface area contributed by atoms with Crippen molar-refractivity contribution in [2.75, 3.05) is 13.6 Å². The molecule has 3 heteroatoms. The van der Waals surface area contributed by atoms with Crippen molar-refractivity contribution in [1.82, 2.24) is 10.6 Å². The Balaban J connectivity index is 1.70. The maximum Gasteiger partial charge on any atom is 0.0299 e. The van der Waals surface area contributed by atoms with Gasteiger partial charge in [-0.15, -0.1) is 11.3 Å². The molecule has 0 radical (unpaired) electrons. The molecular weight excluding hydrogens is 252 g/mol. The predicted octanol–water partition coefficient (Wildman–Crippen LogP) is 3.71. The standard InChI is InChI=1S/C16H28N2S/c1-3-14-7-8-15(19-14)13-18-12-11-16(17-2)9-5-4-6-10-16/h7-8,17-18H,3-6,9-13H2,1-2H3. The number of hydrogen-bond acceptors (Lipinski definition) is 3. The first-order chi connectivity index (χ1) is 9.28. The van der Waals surface area contributed by atoms with Crippen LogP contribution in [0.25, 0.3) is 0 Å². The van der Waals surface area contributed by atoms with Gasteiger partial charge < -0.3 is 10.6 Å². The molecule has 108 valence electrons. The van der Waals surface area contributed by atoms with Crippen LogP contribution < -0.4 is 10.6 Å². The van der Waals surface area contributed by atoms with Gasteiger partial charge in [0, 0.05) is 21.8 Å². The predicted molar refractivity (Wildman–Crippen MR) is 84.9 cm³/mol. The Hall–Kier alpha value is -0.380. The summed E-state index contributed by atoms with van der Waals surface area (Å²) >= 11 is 1.95. The Morgan fingerprint density at radius 2 is 1.89 bits per heavy atom. The van der Waals surface area contributed by atoms with Crippen molar-refractivity contribution in [1.29, 1.82) is 0 Å². The molecule has 1 aromatic rings. The summed E-state index contributed by atoms with van der Waals surface area (Å²) in [6, 6.07) is 4.53. The smallest absolute Gasteiger partial charge is 0.0299 e. The molecule has 0 unspecified atom stereocenters. The van der Waals surface area contributed by atoms with Gasteiger partial charge in [0.05, 0.1) is 0 Å². The molecule has 0 saturated heterocycles. The van der Waals surface area contributed by atoms with Crippen LogP contribution in [-0.4, -0.2) is 19.1 Å². The average Bonchev–Trinajstić information content (AvgIpc) is 2.93. The van der Waals surface area contributed by atoms with Crippen molar-refractivity contribution < 1.29 is 0 Å². The molecule has 0 atom stereocenters. The minimum Gasteiger partial charge on any atom is -0.314 e. The quantitative estimate of drug-likeness (QED) is 0.744. The van der Waals surface area contributed by atoms with Gasteiger partial charge in [-0.1, -0.05) is 26.2 Å². The third kappa shape index (κ3) is 4.30. The van der Waals surface area contributed by atoms with Crippen molar-refractivity contribution in [3.63, 3.8) is 0 Å². The van der Waals surface area contributed by atoms with E-state index >= 15 is 0 Å². The fourth-order valence-electron chi connectivity index (χ4n) is 3.10. The van der Waals surface area contributed by atoms with Gasteiger partial charge in [0.2, 0.25) is 0 Å². The van der Waals surface area contributed by atoms with Crippen LogP contribution in [0.5, 0.6) is 0 Å². The molecule has 0 bridgehead atoms. The zero-order chi connectivity index (χ0) is 13.6. The highest BCUT2D eigenvalue weighted by Crippen LogP contribution is 2.30. The average molecular weight is 280 g/mol. The first-order valence-corrected chi connectivity index (χ1v) is 8.57. The van der Waals surface area contributed by atoms with E-state index in [0.717, 1.165) is 19.5 Å². The van der Waals surface area contributed by atoms with E-state index in [1.165, 1.54) is 48.3 Å². The summed E-state index contributed by atoms with van der Waals surface area (Å²) in [6.45, 7) is 4.38. The molecule has 1 heterocycles. The van der Waals surface area contributed by atoms with Gasteiger partial charge in [-0.3, -0.25) is 0 Å². The highest BCUT2D eigenvalue weighted by atomic mass is 32.1. The fraction of sp³-hybridized carbons (Fsp3) is 0.750. The molecule has 2 N–H and O–H groups in total. The molecule has 1 aliphatic carbocycles. The van der Waals surface area contributed by atoms with Crippen LogP contribution in [0, 0.1) is 0 Å². The molecule has 0 spiro atoms. The largest absolute Gasteiger partial charge is 0.314 e. The second-order valence-electron chi connectivity index (χ2n) is 5.74. The SMILES string of the molecule is CCc1ccc(CNCCC2(NC)CCCCC2)s1. The van der Waals surface area contributed by atoms with Crippen molar-refractivity contribution in [2.45, 2.75) is 64.0 Å². The zero-order valence-corrected chi connectivity index (χ0v) is 13.2. The van der Waals surface area contributed by atoms with E-state index in [0.29, 0.717) is 5.54 Å². The molecule has 2 rings (SSSR count). The van der Waals surface area contributed by atoms with Crippen LogP contribution in [0.3, 0.4) is 0 Å². The third-order valence-electron chi connectivity index (χ3n) is 4.49. The van der Waals surface area contributed by atoms with Crippen LogP contribution in [0.15, 0.2) is 12.1 Å². The third-order valence-corrected chi connectivity index (χ3v) is 5.72. The Kier molecular flexibility index (Phi) is 5.86. The van der Waals surface area contributed by atoms with E-state index in [-0.39, 0.29) is 0 Å². The minimum atomic E-state index is 0.412. The van der Waals surface area contributed by atoms with Crippen molar-refractivity contribution in [3.05, 3.63) is 21.9 Å². The molecule has 19 heavy (non-hydrogen) atoms. The van der Waals surface area contributed by atoms with E-state index < -0.39 is 0 Å². The summed E-state index contributed by atoms with van der Waals surface area (Å²) in [6.07, 6.45) is 9.33. The molecule has 1 aromatic heterocycles. The second kappa shape index (κ2) is 7.41. The lowest BCUT2D eigenvalue weighted by Gasteiger charge is -2.37. The molecule has 1 fully saturated rings. The lowest BCUT2D eigenvalue weighted by molar-refractivity contribution is 0.228. The van der Waals surface area contributed by atoms with Gasteiger partial charge in [0.15, 0.2) is 0 Å². The summed E-state index contributed by atoms with van der Waals surface area (Å²) < 4.78 is 0. The fourth-order valence-corrected chi connectivity index (χ4v) is 4.03. The van der Waals surface area contributed by atoms with E-state index in [2.05, 4.69) is 36.7 Å². The Morgan fingerprint density at radius 3 is 2.53 bits per heavy atom. The van der Waals surface area contributed by atoms with Crippen molar-refractivity contribution in [2.24, 2.45) is 0 Å². The molecule has 1 aliphatic rings. The monoisotopic (exact) mass is 280 g/mol. The topological polar surface area (TPSA) is 24.1 Å². The van der Waals surface area contributed by atoms with Gasteiger partial charge in [0.25, 0.3) is 0 Å². The van der Waals surface area contributed by atoms with Gasteiger partial charge in [-0.25, -0.2) is 0 Å². The van der Waals surface area contributed by atoms with E-state index in [1.807, 2.05) is 11.3 Å². The summed E-state index contributed by atoms with van der Waals surface area (Å²) in [5.74, 6) is 0. The van der Waals surface area contributed by atoms with Crippen LogP contribution >= 0.6 is 11.3 Å². The highest BCUT2D eigenvalue weighted by molar-refractivity contribution is 7.11. The Labute approximate surface area is 122 Å². The van der Waals surface area contributed by atoms with Crippen molar-refractivity contribution in [3.8, 4) is 0 Å². The summed E-state index contributed by atoms with van der Waals surface area (Å²) in [5, 5.41) is 7.21. The summed E-state index contributed by atoms with van der Waals surface area (Å²) in [7, 11) is 2.14. The van der Waals surface area contributed by atoms with Crippen LogP contribution in [0.1, 0.15) is 55.2 Å². The van der Waals surface area contributed by atoms with Crippen LogP contribution in [0.4, 0.5) is 0 Å². The van der Waals surface area contributed by atoms with Gasteiger partial charge in [0.1, 0.15) is 0 Å². The molecule has 1 saturated carbocycles. The lowest BCUT2D eigenvalue weighted by Crippen LogP contribution is -2.46. The maximum atomic E-state index is 3.62. The normalized spacial score (nSPS) is 18.6. The Bertz CT molecular complexity index is 367. The second-order valence-corrected chi connectivity index (χ2v) is 6.99. The first-order valence-electron chi connectivity index (χ1n) is 7.75. The molecule has 0 aromatic carbocycles. The number of aryl methyl sites for hydroxylation is 1. The van der Waals surface area contributed by atoms with Gasteiger partial charge in [-0.05, 0) is 51.4 Å². The van der Waals surface area contributed by atoms with E-state index in [4.69, 9.17) is 0 Å². The highest BCUT2D eigenvalue weighted by Gasteiger charge is 2.29. The van der Waals surface area contributed by atoms with E-state index in [1.54, 1.807) is 0 Å². The molecular formula is C16H28N2S. The molecule has 0 amide bonds. The van der Waals surface area contributed by atoms with E-state index in [9.17, 15) is 0 Å². The van der Waals surface area contributed by atoms with Gasteiger partial charge in [-0.2, -0.15) is 0 Å². The molecule has 0 aliphatic heterocycles. The zero-order valence-electron chi connectivity index (χ0n) is 12.4. The number of hydrogen-bond donors (Lipinski definition) is 2. The van der Waals surface area contributed by atoms with Crippen LogP contribution in [-0.2, 0) is 13.0 Å². The summed E-state index contributed by atoms with van der Waals surface area (Å²) in [4.78, 5) is 2.97. The number of thiophene rings is 1.